The number of aliphatic imine (C=N–C) groups is 1. The van der Waals surface area contributed by atoms with E-state index in [0.717, 1.165) is 24.4 Å². The topological polar surface area (TPSA) is 24.4 Å². The van der Waals surface area contributed by atoms with Gasteiger partial charge in [-0.25, -0.2) is 13.2 Å². The van der Waals surface area contributed by atoms with Crippen LogP contribution in [0.5, 0.6) is 0 Å². The third-order valence-electron chi connectivity index (χ3n) is 3.97. The predicted octanol–water partition coefficient (Wildman–Crippen LogP) is 4.18. The monoisotopic (exact) mass is 300 g/mol. The molecule has 108 valence electrons. The van der Waals surface area contributed by atoms with Crippen LogP contribution in [0.25, 0.3) is 0 Å². The van der Waals surface area contributed by atoms with Gasteiger partial charge in [-0.2, -0.15) is 0 Å². The Morgan fingerprint density at radius 2 is 1.75 bits per heavy atom. The van der Waals surface area contributed by atoms with E-state index >= 15 is 0 Å². The normalized spacial score (nSPS) is 21.1. The van der Waals surface area contributed by atoms with Crippen LogP contribution in [0.2, 0.25) is 0 Å². The van der Waals surface area contributed by atoms with Gasteiger partial charge in [-0.05, 0) is 18.3 Å². The van der Waals surface area contributed by atoms with Crippen LogP contribution in [0.4, 0.5) is 18.9 Å². The van der Waals surface area contributed by atoms with E-state index in [4.69, 9.17) is 0 Å². The Morgan fingerprint density at radius 3 is 2.30 bits per heavy atom. The summed E-state index contributed by atoms with van der Waals surface area (Å²) in [5.74, 6) is -2.86. The molecule has 1 heterocycles. The summed E-state index contributed by atoms with van der Waals surface area (Å²) in [7, 11) is 0. The average molecular weight is 300 g/mol. The number of hydrogen-bond donors (Lipinski definition) is 1. The summed E-state index contributed by atoms with van der Waals surface area (Å²) >= 11 is 1.57. The van der Waals surface area contributed by atoms with Crippen molar-refractivity contribution in [2.75, 3.05) is 17.6 Å². The van der Waals surface area contributed by atoms with E-state index < -0.39 is 17.5 Å². The third kappa shape index (κ3) is 2.66. The molecule has 1 N–H and O–H groups in total. The number of anilines is 1. The summed E-state index contributed by atoms with van der Waals surface area (Å²) in [6.45, 7) is 0.758. The second-order valence-electron chi connectivity index (χ2n) is 5.50. The van der Waals surface area contributed by atoms with Crippen molar-refractivity contribution in [3.8, 4) is 0 Å². The Hall–Kier alpha value is -1.17. The van der Waals surface area contributed by atoms with E-state index in [2.05, 4.69) is 10.3 Å². The average Bonchev–Trinajstić information content (AvgIpc) is 2.87. The quantitative estimate of drug-likeness (QED) is 0.787. The van der Waals surface area contributed by atoms with Gasteiger partial charge in [0.1, 0.15) is 0 Å². The summed E-state index contributed by atoms with van der Waals surface area (Å²) in [6.07, 6.45) is 4.92. The maximum atomic E-state index is 13.1. The molecule has 0 aromatic heterocycles. The number of rotatable bonds is 1. The number of halogens is 3. The summed E-state index contributed by atoms with van der Waals surface area (Å²) in [5, 5.41) is 3.51. The van der Waals surface area contributed by atoms with Crippen LogP contribution < -0.4 is 5.32 Å². The van der Waals surface area contributed by atoms with Gasteiger partial charge in [0.2, 0.25) is 0 Å². The maximum absolute atomic E-state index is 13.1. The molecule has 0 saturated heterocycles. The molecule has 1 spiro atoms. The minimum Gasteiger partial charge on any atom is -0.335 e. The first-order valence-corrected chi connectivity index (χ1v) is 7.65. The van der Waals surface area contributed by atoms with Gasteiger partial charge in [-0.1, -0.05) is 24.6 Å². The first kappa shape index (κ1) is 13.8. The van der Waals surface area contributed by atoms with Crippen LogP contribution in [0.15, 0.2) is 17.1 Å². The highest BCUT2D eigenvalue weighted by molar-refractivity contribution is 8.14. The molecule has 1 aromatic carbocycles. The smallest absolute Gasteiger partial charge is 0.194 e. The molecule has 0 bridgehead atoms. The molecule has 1 aromatic rings. The lowest BCUT2D eigenvalue weighted by Gasteiger charge is -2.31. The van der Waals surface area contributed by atoms with Gasteiger partial charge in [-0.15, -0.1) is 0 Å². The second-order valence-corrected chi connectivity index (χ2v) is 6.46. The molecule has 0 amide bonds. The highest BCUT2D eigenvalue weighted by atomic mass is 32.2. The van der Waals surface area contributed by atoms with Crippen LogP contribution in [-0.4, -0.2) is 17.5 Å². The fourth-order valence-corrected chi connectivity index (χ4v) is 3.98. The van der Waals surface area contributed by atoms with Crippen molar-refractivity contribution in [1.29, 1.82) is 0 Å². The SMILES string of the molecule is Fc1cc(NC2=NCC3(CCCC3)CS2)cc(F)c1F. The van der Waals surface area contributed by atoms with E-state index in [9.17, 15) is 13.2 Å². The van der Waals surface area contributed by atoms with Crippen molar-refractivity contribution in [1.82, 2.24) is 0 Å². The Kier molecular flexibility index (Phi) is 3.67. The Labute approximate surface area is 119 Å². The lowest BCUT2D eigenvalue weighted by Crippen LogP contribution is -2.30. The zero-order chi connectivity index (χ0) is 14.2. The molecule has 0 radical (unpaired) electrons. The van der Waals surface area contributed by atoms with Gasteiger partial charge in [0, 0.05) is 30.1 Å². The molecule has 1 fully saturated rings. The Balaban J connectivity index is 1.71. The largest absolute Gasteiger partial charge is 0.335 e. The van der Waals surface area contributed by atoms with Crippen molar-refractivity contribution in [2.45, 2.75) is 25.7 Å². The van der Waals surface area contributed by atoms with Crippen molar-refractivity contribution in [2.24, 2.45) is 10.4 Å². The summed E-state index contributed by atoms with van der Waals surface area (Å²) in [5.41, 5.74) is 0.504. The minimum absolute atomic E-state index is 0.190. The van der Waals surface area contributed by atoms with Crippen LogP contribution in [0.3, 0.4) is 0 Å². The van der Waals surface area contributed by atoms with Crippen LogP contribution in [0.1, 0.15) is 25.7 Å². The fraction of sp³-hybridized carbons (Fsp3) is 0.500. The number of benzene rings is 1. The molecule has 0 unspecified atom stereocenters. The molecule has 0 atom stereocenters. The zero-order valence-electron chi connectivity index (χ0n) is 10.9. The van der Waals surface area contributed by atoms with E-state index in [1.165, 1.54) is 25.7 Å². The van der Waals surface area contributed by atoms with Gasteiger partial charge in [0.15, 0.2) is 22.6 Å². The van der Waals surface area contributed by atoms with Crippen molar-refractivity contribution in [3.63, 3.8) is 0 Å². The molecule has 20 heavy (non-hydrogen) atoms. The molecule has 1 aliphatic heterocycles. The molecular weight excluding hydrogens is 285 g/mol. The van der Waals surface area contributed by atoms with Gasteiger partial charge >= 0.3 is 0 Å². The molecule has 2 nitrogen and oxygen atoms in total. The highest BCUT2D eigenvalue weighted by Crippen LogP contribution is 2.43. The number of nitrogens with zero attached hydrogens (tertiary/aromatic N) is 1. The third-order valence-corrected chi connectivity index (χ3v) is 5.23. The summed E-state index contributed by atoms with van der Waals surface area (Å²) in [6, 6.07) is 1.89. The van der Waals surface area contributed by atoms with Crippen molar-refractivity contribution in [3.05, 3.63) is 29.6 Å². The number of hydrogen-bond acceptors (Lipinski definition) is 3. The standard InChI is InChI=1S/C14H15F3N2S/c15-10-5-9(6-11(16)12(10)17)19-13-18-7-14(8-20-13)3-1-2-4-14/h5-6H,1-4,7-8H2,(H,18,19). The highest BCUT2D eigenvalue weighted by Gasteiger charge is 2.36. The Bertz CT molecular complexity index is 530. The molecule has 6 heteroatoms. The second kappa shape index (κ2) is 5.31. The van der Waals surface area contributed by atoms with Crippen LogP contribution in [0, 0.1) is 22.9 Å². The van der Waals surface area contributed by atoms with Crippen LogP contribution >= 0.6 is 11.8 Å². The first-order chi connectivity index (χ1) is 9.58. The van der Waals surface area contributed by atoms with Crippen molar-refractivity contribution >= 4 is 22.6 Å². The van der Waals surface area contributed by atoms with Gasteiger partial charge in [-0.3, -0.25) is 4.99 Å². The molecule has 3 rings (SSSR count). The molecule has 1 saturated carbocycles. The van der Waals surface area contributed by atoms with E-state index in [0.29, 0.717) is 10.6 Å². The molecule has 1 aliphatic carbocycles. The summed E-state index contributed by atoms with van der Waals surface area (Å²) < 4.78 is 39.1. The van der Waals surface area contributed by atoms with Gasteiger partial charge in [0.05, 0.1) is 0 Å². The minimum atomic E-state index is -1.45. The van der Waals surface area contributed by atoms with Gasteiger partial charge < -0.3 is 5.32 Å². The number of thioether (sulfide) groups is 1. The van der Waals surface area contributed by atoms with E-state index in [1.54, 1.807) is 11.8 Å². The first-order valence-electron chi connectivity index (χ1n) is 6.67. The molecule has 2 aliphatic rings. The lowest BCUT2D eigenvalue weighted by molar-refractivity contribution is 0.359. The maximum Gasteiger partial charge on any atom is 0.194 e. The van der Waals surface area contributed by atoms with E-state index in [1.807, 2.05) is 0 Å². The van der Waals surface area contributed by atoms with Crippen molar-refractivity contribution < 1.29 is 13.2 Å². The fourth-order valence-electron chi connectivity index (χ4n) is 2.81. The molecular formula is C14H15F3N2S. The number of nitrogens with one attached hydrogen (secondary N) is 1. The van der Waals surface area contributed by atoms with Gasteiger partial charge in [0.25, 0.3) is 0 Å². The van der Waals surface area contributed by atoms with E-state index in [-0.39, 0.29) is 5.69 Å². The van der Waals surface area contributed by atoms with Crippen LogP contribution in [-0.2, 0) is 0 Å². The predicted molar refractivity (Wildman–Crippen MR) is 75.6 cm³/mol. The zero-order valence-corrected chi connectivity index (χ0v) is 11.7. The Morgan fingerprint density at radius 1 is 1.10 bits per heavy atom. The number of amidine groups is 1. The summed E-state index contributed by atoms with van der Waals surface area (Å²) in [4.78, 5) is 4.47. The lowest BCUT2D eigenvalue weighted by atomic mass is 9.89.